The molecule has 0 spiro atoms. The molecule has 0 N–H and O–H groups in total. The summed E-state index contributed by atoms with van der Waals surface area (Å²) in [5.41, 5.74) is 0. The molecule has 0 nitrogen and oxygen atoms in total. The predicted molar refractivity (Wildman–Crippen MR) is 91.3 cm³/mol. The summed E-state index contributed by atoms with van der Waals surface area (Å²) in [6.45, 7) is 0. The molecule has 0 amide bonds. The van der Waals surface area contributed by atoms with Crippen LogP contribution >= 0.6 is 0 Å². The highest BCUT2D eigenvalue weighted by molar-refractivity contribution is 5.22. The van der Waals surface area contributed by atoms with Gasteiger partial charge in [-0.05, 0) is 0 Å². The third kappa shape index (κ3) is 5.76. The summed E-state index contributed by atoms with van der Waals surface area (Å²) in [7, 11) is 0. The number of alkyl halides is 38. The van der Waals surface area contributed by atoms with E-state index in [1.54, 1.807) is 0 Å². The minimum Gasteiger partial charge on any atom is -0.192 e. The van der Waals surface area contributed by atoms with Crippen LogP contribution in [-0.2, 0) is 0 Å². The molecule has 0 atom stereocenters. The van der Waals surface area contributed by atoms with Gasteiger partial charge < -0.3 is 0 Å². The summed E-state index contributed by atoms with van der Waals surface area (Å²) in [6.07, 6.45) is -16.9. The van der Waals surface area contributed by atoms with Gasteiger partial charge in [0.1, 0.15) is 0 Å². The molecule has 0 heterocycles. The van der Waals surface area contributed by atoms with Crippen molar-refractivity contribution in [2.45, 2.75) is 107 Å². The van der Waals surface area contributed by atoms with Crippen LogP contribution in [0.25, 0.3) is 0 Å². The third-order valence-corrected chi connectivity index (χ3v) is 6.63. The van der Waals surface area contributed by atoms with Crippen LogP contribution < -0.4 is 0 Å². The molecule has 0 fully saturated rings. The zero-order valence-electron chi connectivity index (χ0n) is 23.4. The summed E-state index contributed by atoms with van der Waals surface area (Å²) in [5.74, 6) is -160. The summed E-state index contributed by atoms with van der Waals surface area (Å²) < 4.78 is 503. The van der Waals surface area contributed by atoms with Gasteiger partial charge in [-0.2, -0.15) is 167 Å². The Morgan fingerprint density at radius 3 is 0.196 bits per heavy atom. The number of hydrogen-bond donors (Lipinski definition) is 0. The van der Waals surface area contributed by atoms with Crippen LogP contribution in [-0.4, -0.2) is 107 Å². The molecule has 38 heteroatoms. The largest absolute Gasteiger partial charge is 0.460 e. The Morgan fingerprint density at radius 2 is 0.143 bits per heavy atom. The first kappa shape index (κ1) is 53.3. The molecule has 0 aromatic carbocycles. The maximum absolute atomic E-state index is 13.8. The highest BCUT2D eigenvalue weighted by Crippen LogP contribution is 2.70. The summed E-state index contributed by atoms with van der Waals surface area (Å²) >= 11 is 0. The van der Waals surface area contributed by atoms with E-state index in [1.807, 2.05) is 0 Å². The Morgan fingerprint density at radius 1 is 0.0893 bits per heavy atom. The lowest BCUT2D eigenvalue weighted by Gasteiger charge is -2.47. The van der Waals surface area contributed by atoms with Crippen molar-refractivity contribution >= 4 is 0 Å². The molecule has 0 aliphatic heterocycles. The number of rotatable bonds is 15. The van der Waals surface area contributed by atoms with E-state index in [0.29, 0.717) is 0 Å². The molecule has 0 saturated carbocycles. The second-order valence-electron chi connectivity index (χ2n) is 10.2. The zero-order chi connectivity index (χ0) is 47.0. The lowest BCUT2D eigenvalue weighted by Crippen LogP contribution is -2.80. The number of halogens is 38. The average Bonchev–Trinajstić information content (AvgIpc) is 2.94. The van der Waals surface area contributed by atoms with Crippen molar-refractivity contribution in [2.75, 3.05) is 0 Å². The Balaban J connectivity index is 7.85. The van der Waals surface area contributed by atoms with Gasteiger partial charge in [0.25, 0.3) is 0 Å². The Bertz CT molecular complexity index is 1320. The first-order valence-electron chi connectivity index (χ1n) is 11.4. The normalized spacial score (nSPS) is 17.5. The van der Waals surface area contributed by atoms with E-state index >= 15 is 0 Å². The van der Waals surface area contributed by atoms with Crippen LogP contribution in [0.1, 0.15) is 0 Å². The standard InChI is InChI=1S/C18F38/c19-1(20,3(23,24)5(27,28)7(31,32)9(35,36)11(39,40)13(43,44)15(47,48)17(51,52)53)2(21,22)4(25,26)6(29,30)8(33,34)10(37,38)12(41,42)14(45,46)16(49,50)18(54,55)56. The molecule has 0 aliphatic rings. The maximum atomic E-state index is 13.8. The minimum absolute atomic E-state index is 8.47. The highest BCUT2D eigenvalue weighted by Gasteiger charge is 3.02. The zero-order valence-corrected chi connectivity index (χ0v) is 23.4. The summed E-state index contributed by atoms with van der Waals surface area (Å²) in [4.78, 5) is 0. The molecule has 0 aromatic rings. The van der Waals surface area contributed by atoms with Crippen LogP contribution in [0.4, 0.5) is 167 Å². The summed E-state index contributed by atoms with van der Waals surface area (Å²) in [6, 6.07) is 0. The molecule has 0 rings (SSSR count). The Labute approximate surface area is 275 Å². The van der Waals surface area contributed by atoms with E-state index in [-0.39, 0.29) is 0 Å². The molecule has 0 radical (unpaired) electrons. The van der Waals surface area contributed by atoms with Crippen molar-refractivity contribution in [1.82, 2.24) is 0 Å². The van der Waals surface area contributed by atoms with E-state index in [2.05, 4.69) is 0 Å². The fraction of sp³-hybridized carbons (Fsp3) is 1.00. The molecule has 338 valence electrons. The fourth-order valence-electron chi connectivity index (χ4n) is 3.12. The van der Waals surface area contributed by atoms with Crippen LogP contribution in [0.15, 0.2) is 0 Å². The molecular formula is C18F38. The van der Waals surface area contributed by atoms with E-state index < -0.39 is 107 Å². The smallest absolute Gasteiger partial charge is 0.192 e. The molecule has 0 aromatic heterocycles. The van der Waals surface area contributed by atoms with E-state index in [9.17, 15) is 167 Å². The molecule has 0 saturated heterocycles. The molecule has 0 aliphatic carbocycles. The van der Waals surface area contributed by atoms with Gasteiger partial charge >= 0.3 is 107 Å². The van der Waals surface area contributed by atoms with Crippen molar-refractivity contribution in [3.63, 3.8) is 0 Å². The fourth-order valence-corrected chi connectivity index (χ4v) is 3.12. The lowest BCUT2D eigenvalue weighted by molar-refractivity contribution is -0.494. The van der Waals surface area contributed by atoms with E-state index in [0.717, 1.165) is 0 Å². The maximum Gasteiger partial charge on any atom is 0.460 e. The van der Waals surface area contributed by atoms with Crippen molar-refractivity contribution in [2.24, 2.45) is 0 Å². The van der Waals surface area contributed by atoms with Gasteiger partial charge in [-0.15, -0.1) is 0 Å². The third-order valence-electron chi connectivity index (χ3n) is 6.63. The molecule has 0 unspecified atom stereocenters. The topological polar surface area (TPSA) is 0 Å². The van der Waals surface area contributed by atoms with Crippen molar-refractivity contribution < 1.29 is 167 Å². The first-order valence-corrected chi connectivity index (χ1v) is 11.4. The Kier molecular flexibility index (Phi) is 11.8. The van der Waals surface area contributed by atoms with Crippen LogP contribution in [0.3, 0.4) is 0 Å². The minimum atomic E-state index is -10.5. The van der Waals surface area contributed by atoms with Crippen LogP contribution in [0.5, 0.6) is 0 Å². The van der Waals surface area contributed by atoms with Gasteiger partial charge in [0, 0.05) is 0 Å². The van der Waals surface area contributed by atoms with Crippen molar-refractivity contribution in [3.8, 4) is 0 Å². The van der Waals surface area contributed by atoms with Gasteiger partial charge in [0.15, 0.2) is 0 Å². The van der Waals surface area contributed by atoms with E-state index in [1.165, 1.54) is 0 Å². The summed E-state index contributed by atoms with van der Waals surface area (Å²) in [5, 5.41) is 0. The number of hydrogen-bond acceptors (Lipinski definition) is 0. The van der Waals surface area contributed by atoms with Crippen molar-refractivity contribution in [1.29, 1.82) is 0 Å². The average molecular weight is 938 g/mol. The molecular weight excluding hydrogens is 938 g/mol. The molecule has 0 bridgehead atoms. The van der Waals surface area contributed by atoms with Gasteiger partial charge in [-0.3, -0.25) is 0 Å². The lowest BCUT2D eigenvalue weighted by atomic mass is 9.82. The van der Waals surface area contributed by atoms with Crippen molar-refractivity contribution in [3.05, 3.63) is 0 Å². The second kappa shape index (κ2) is 12.4. The van der Waals surface area contributed by atoms with Crippen LogP contribution in [0, 0.1) is 0 Å². The van der Waals surface area contributed by atoms with Gasteiger partial charge in [0.05, 0.1) is 0 Å². The predicted octanol–water partition coefficient (Wildman–Crippen LogP) is 12.3. The Hall–Kier alpha value is -2.66. The molecule has 56 heavy (non-hydrogen) atoms. The second-order valence-corrected chi connectivity index (χ2v) is 10.2. The first-order chi connectivity index (χ1) is 23.2. The highest BCUT2D eigenvalue weighted by atomic mass is 19.5. The quantitative estimate of drug-likeness (QED) is 0.144. The van der Waals surface area contributed by atoms with Gasteiger partial charge in [-0.25, -0.2) is 0 Å². The van der Waals surface area contributed by atoms with Crippen LogP contribution in [0.2, 0.25) is 0 Å². The van der Waals surface area contributed by atoms with Gasteiger partial charge in [0.2, 0.25) is 0 Å². The monoisotopic (exact) mass is 938 g/mol. The van der Waals surface area contributed by atoms with E-state index in [4.69, 9.17) is 0 Å². The van der Waals surface area contributed by atoms with Gasteiger partial charge in [-0.1, -0.05) is 0 Å². The SMILES string of the molecule is FC(F)(F)C(F)(F)C(F)(F)C(F)(F)C(F)(F)C(F)(F)C(F)(F)C(F)(F)C(F)(F)C(F)(F)C(F)(F)C(F)(F)C(F)(F)C(F)(F)C(F)(F)C(F)(F)C(F)(F)C(F)(F)F.